The number of aliphatic carboxylic acids is 1. The molecule has 0 saturated carbocycles. The zero-order chi connectivity index (χ0) is 47.5. The summed E-state index contributed by atoms with van der Waals surface area (Å²) in [6.07, 6.45) is -0.954. The van der Waals surface area contributed by atoms with Crippen LogP contribution in [0.5, 0.6) is 11.5 Å². The predicted octanol–water partition coefficient (Wildman–Crippen LogP) is 6.51. The van der Waals surface area contributed by atoms with Gasteiger partial charge in [0.15, 0.2) is 11.5 Å². The number of fused-ring (bicyclic) bond motifs is 3. The second-order valence-corrected chi connectivity index (χ2v) is 16.5. The van der Waals surface area contributed by atoms with Crippen LogP contribution in [-0.4, -0.2) is 110 Å². The number of ketones is 1. The van der Waals surface area contributed by atoms with Gasteiger partial charge in [0.25, 0.3) is 5.91 Å². The van der Waals surface area contributed by atoms with Crippen molar-refractivity contribution in [2.75, 3.05) is 52.4 Å². The van der Waals surface area contributed by atoms with E-state index in [9.17, 15) is 33.6 Å². The van der Waals surface area contributed by atoms with E-state index in [1.165, 1.54) is 33.0 Å². The number of nitrogens with zero attached hydrogens (tertiary/aromatic N) is 2. The summed E-state index contributed by atoms with van der Waals surface area (Å²) in [7, 11) is 3.02. The lowest BCUT2D eigenvalue weighted by Crippen LogP contribution is -2.62. The van der Waals surface area contributed by atoms with Crippen molar-refractivity contribution < 1.29 is 62.4 Å². The Morgan fingerprint density at radius 2 is 1.52 bits per heavy atom. The smallest absolute Gasteiger partial charge is 0.409 e. The molecule has 2 N–H and O–H groups in total. The van der Waals surface area contributed by atoms with Gasteiger partial charge in [0, 0.05) is 37.2 Å². The Balaban J connectivity index is 1.28. The first-order valence-electron chi connectivity index (χ1n) is 21.4. The van der Waals surface area contributed by atoms with E-state index in [-0.39, 0.29) is 51.4 Å². The summed E-state index contributed by atoms with van der Waals surface area (Å²) in [4.78, 5) is 94.7. The van der Waals surface area contributed by atoms with Crippen molar-refractivity contribution in [1.29, 1.82) is 0 Å². The molecule has 0 spiro atoms. The van der Waals surface area contributed by atoms with E-state index in [1.807, 2.05) is 54.6 Å². The second-order valence-electron chi connectivity index (χ2n) is 16.5. The topological polar surface area (TPSA) is 204 Å². The Morgan fingerprint density at radius 1 is 0.833 bits per heavy atom. The number of Topliss-reactive ketones (excluding diaryl/α,β-unsaturated/α-hetero) is 1. The van der Waals surface area contributed by atoms with E-state index in [2.05, 4.69) is 11.9 Å². The maximum absolute atomic E-state index is 14.7. The normalized spacial score (nSPS) is 14.8. The number of aryl methyl sites for hydroxylation is 1. The number of amides is 3. The van der Waals surface area contributed by atoms with Gasteiger partial charge in [-0.3, -0.25) is 19.2 Å². The minimum absolute atomic E-state index is 0.00136. The fourth-order valence-corrected chi connectivity index (χ4v) is 7.98. The molecule has 1 heterocycles. The molecular weight excluding hydrogens is 851 g/mol. The number of piperazine rings is 1. The number of carbonyl (C=O) groups excluding carboxylic acids is 6. The average Bonchev–Trinajstić information content (AvgIpc) is 3.65. The molecule has 4 aromatic rings. The molecule has 346 valence electrons. The van der Waals surface area contributed by atoms with Gasteiger partial charge in [0.1, 0.15) is 25.4 Å². The summed E-state index contributed by atoms with van der Waals surface area (Å²) in [5.74, 6) is -4.63. The van der Waals surface area contributed by atoms with Gasteiger partial charge in [0.05, 0.1) is 32.6 Å². The van der Waals surface area contributed by atoms with Crippen LogP contribution in [0.2, 0.25) is 0 Å². The summed E-state index contributed by atoms with van der Waals surface area (Å²) >= 11 is 0. The molecule has 0 aromatic heterocycles. The molecule has 0 radical (unpaired) electrons. The summed E-state index contributed by atoms with van der Waals surface area (Å²) in [6.45, 7) is 5.06. The van der Waals surface area contributed by atoms with Gasteiger partial charge in [-0.05, 0) is 84.3 Å². The van der Waals surface area contributed by atoms with Gasteiger partial charge in [-0.25, -0.2) is 14.4 Å². The second kappa shape index (κ2) is 21.5. The molecular formula is C50H53N3O13. The fraction of sp³-hybridized carbons (Fsp3) is 0.340. The minimum Gasteiger partial charge on any atom is -0.493 e. The van der Waals surface area contributed by atoms with E-state index in [0.29, 0.717) is 29.2 Å². The molecule has 2 atom stereocenters. The Labute approximate surface area is 382 Å². The van der Waals surface area contributed by atoms with Crippen molar-refractivity contribution >= 4 is 47.3 Å². The zero-order valence-electron chi connectivity index (χ0n) is 37.3. The van der Waals surface area contributed by atoms with Crippen LogP contribution in [0.15, 0.2) is 104 Å². The van der Waals surface area contributed by atoms with E-state index in [4.69, 9.17) is 28.8 Å². The standard InChI is InChI=1S/C50H53N3O13/c1-6-45(57)65-30-50(2,3)46(58)47(59)53-25-24-52(49(61)64-29-38-36-16-9-7-14-34(36)35-15-8-10-17-37(35)38)28-39(53)48(60)66-40(20-18-31-19-21-41(62-4)42(26-31)63-5)32-12-11-13-33(27-32)51-43(54)22-23-44(55)56/h6-17,19,21,26-27,38-40H,1,18,20,22-25,28-30H2,2-5H3,(H,51,54)(H,55,56)/t39-,40+/m0/s1. The lowest BCUT2D eigenvalue weighted by Gasteiger charge is -2.40. The Bertz CT molecular complexity index is 2460. The Morgan fingerprint density at radius 3 is 2.17 bits per heavy atom. The summed E-state index contributed by atoms with van der Waals surface area (Å²) in [6, 6.07) is 26.1. The van der Waals surface area contributed by atoms with Crippen LogP contribution >= 0.6 is 0 Å². The molecule has 1 fully saturated rings. The number of hydrogen-bond donors (Lipinski definition) is 2. The maximum Gasteiger partial charge on any atom is 0.409 e. The minimum atomic E-state index is -1.51. The first kappa shape index (κ1) is 48.0. The number of esters is 2. The van der Waals surface area contributed by atoms with Crippen LogP contribution in [-0.2, 0) is 49.4 Å². The van der Waals surface area contributed by atoms with Crippen molar-refractivity contribution in [2.45, 2.75) is 57.6 Å². The van der Waals surface area contributed by atoms with Crippen LogP contribution in [0.4, 0.5) is 10.5 Å². The highest BCUT2D eigenvalue weighted by atomic mass is 16.6. The van der Waals surface area contributed by atoms with E-state index < -0.39 is 65.8 Å². The van der Waals surface area contributed by atoms with E-state index >= 15 is 0 Å². The molecule has 0 bridgehead atoms. The number of rotatable bonds is 19. The predicted molar refractivity (Wildman–Crippen MR) is 241 cm³/mol. The molecule has 1 saturated heterocycles. The number of hydrogen-bond acceptors (Lipinski definition) is 12. The lowest BCUT2D eigenvalue weighted by atomic mass is 9.87. The molecule has 1 aliphatic heterocycles. The molecule has 16 nitrogen and oxygen atoms in total. The van der Waals surface area contributed by atoms with Crippen molar-refractivity contribution in [3.05, 3.63) is 126 Å². The van der Waals surface area contributed by atoms with Gasteiger partial charge in [-0.1, -0.05) is 73.3 Å². The number of carbonyl (C=O) groups is 7. The van der Waals surface area contributed by atoms with Gasteiger partial charge < -0.3 is 43.9 Å². The maximum atomic E-state index is 14.7. The summed E-state index contributed by atoms with van der Waals surface area (Å²) in [5, 5.41) is 11.8. The molecule has 3 amide bonds. The van der Waals surface area contributed by atoms with Gasteiger partial charge in [0.2, 0.25) is 11.7 Å². The van der Waals surface area contributed by atoms with E-state index in [0.717, 1.165) is 38.8 Å². The number of carboxylic acids is 1. The van der Waals surface area contributed by atoms with Crippen LogP contribution in [0.1, 0.15) is 67.4 Å². The van der Waals surface area contributed by atoms with Crippen LogP contribution in [0.3, 0.4) is 0 Å². The Hall–Kier alpha value is -7.49. The van der Waals surface area contributed by atoms with Crippen LogP contribution < -0.4 is 14.8 Å². The van der Waals surface area contributed by atoms with E-state index in [1.54, 1.807) is 36.4 Å². The number of ether oxygens (including phenoxy) is 5. The van der Waals surface area contributed by atoms with Crippen molar-refractivity contribution in [2.24, 2.45) is 5.41 Å². The average molecular weight is 904 g/mol. The molecule has 6 rings (SSSR count). The van der Waals surface area contributed by atoms with Crippen molar-refractivity contribution in [3.63, 3.8) is 0 Å². The largest absolute Gasteiger partial charge is 0.493 e. The molecule has 1 aliphatic carbocycles. The van der Waals surface area contributed by atoms with Crippen LogP contribution in [0, 0.1) is 5.41 Å². The molecule has 16 heteroatoms. The molecule has 4 aromatic carbocycles. The monoisotopic (exact) mass is 903 g/mol. The number of anilines is 1. The van der Waals surface area contributed by atoms with Gasteiger partial charge in [-0.2, -0.15) is 0 Å². The van der Waals surface area contributed by atoms with Gasteiger partial charge in [-0.15, -0.1) is 0 Å². The highest BCUT2D eigenvalue weighted by Crippen LogP contribution is 2.44. The third-order valence-corrected chi connectivity index (χ3v) is 11.6. The zero-order valence-corrected chi connectivity index (χ0v) is 37.3. The highest BCUT2D eigenvalue weighted by Gasteiger charge is 2.45. The first-order chi connectivity index (χ1) is 31.6. The molecule has 2 aliphatic rings. The van der Waals surface area contributed by atoms with Crippen molar-refractivity contribution in [1.82, 2.24) is 9.80 Å². The third kappa shape index (κ3) is 11.4. The number of carboxylic acid groups (broad SMARTS) is 1. The number of methoxy groups -OCH3 is 2. The lowest BCUT2D eigenvalue weighted by molar-refractivity contribution is -0.166. The number of benzene rings is 4. The summed E-state index contributed by atoms with van der Waals surface area (Å²) < 4.78 is 28.2. The molecule has 0 unspecified atom stereocenters. The quantitative estimate of drug-likeness (QED) is 0.0446. The molecule has 66 heavy (non-hydrogen) atoms. The SMILES string of the molecule is C=CC(=O)OCC(C)(C)C(=O)C(=O)N1CCN(C(=O)OCC2c3ccccc3-c3ccccc32)C[C@H]1C(=O)O[C@H](CCc1ccc(OC)c(OC)c1)c1cccc(NC(=O)CCC(=O)O)c1. The van der Waals surface area contributed by atoms with Crippen LogP contribution in [0.25, 0.3) is 11.1 Å². The Kier molecular flexibility index (Phi) is 15.6. The van der Waals surface area contributed by atoms with Gasteiger partial charge >= 0.3 is 24.0 Å². The number of nitrogens with one attached hydrogen (secondary N) is 1. The summed E-state index contributed by atoms with van der Waals surface area (Å²) in [5.41, 5.74) is 4.15. The van der Waals surface area contributed by atoms with Crippen molar-refractivity contribution in [3.8, 4) is 22.6 Å². The highest BCUT2D eigenvalue weighted by molar-refractivity contribution is 6.38. The fourth-order valence-electron chi connectivity index (χ4n) is 7.98. The first-order valence-corrected chi connectivity index (χ1v) is 21.4. The third-order valence-electron chi connectivity index (χ3n) is 11.6.